The molecule has 140 valence electrons. The lowest BCUT2D eigenvalue weighted by Gasteiger charge is -2.39. The molecule has 5 atom stereocenters. The van der Waals surface area contributed by atoms with Crippen molar-refractivity contribution >= 4 is 5.97 Å². The summed E-state index contributed by atoms with van der Waals surface area (Å²) in [5, 5.41) is 39.0. The Balaban J connectivity index is 2.39. The predicted molar refractivity (Wildman–Crippen MR) is 89.6 cm³/mol. The largest absolute Gasteiger partial charge is 0.479 e. The smallest absolute Gasteiger partial charge is 0.335 e. The second-order valence-corrected chi connectivity index (χ2v) is 6.93. The summed E-state index contributed by atoms with van der Waals surface area (Å²) in [6, 6.07) is 5.69. The summed E-state index contributed by atoms with van der Waals surface area (Å²) < 4.78 is 11.1. The first-order valence-corrected chi connectivity index (χ1v) is 8.37. The SMILES string of the molecule is CC(C)c1cccc(C(C)C)c1O[C@@H]1O[C@H](C(=O)O)[C@H](O)[C@@H](O)[C@H]1O. The van der Waals surface area contributed by atoms with Gasteiger partial charge in [0.25, 0.3) is 0 Å². The Labute approximate surface area is 146 Å². The van der Waals surface area contributed by atoms with Gasteiger partial charge in [-0.2, -0.15) is 0 Å². The minimum Gasteiger partial charge on any atom is -0.479 e. The highest BCUT2D eigenvalue weighted by atomic mass is 16.7. The lowest BCUT2D eigenvalue weighted by Crippen LogP contribution is -2.61. The van der Waals surface area contributed by atoms with Crippen LogP contribution < -0.4 is 4.74 Å². The molecule has 0 radical (unpaired) electrons. The molecule has 0 unspecified atom stereocenters. The number of benzene rings is 1. The Morgan fingerprint density at radius 3 is 1.96 bits per heavy atom. The normalized spacial score (nSPS) is 29.9. The third-order valence-electron chi connectivity index (χ3n) is 4.37. The zero-order valence-corrected chi connectivity index (χ0v) is 14.8. The molecule has 1 aromatic carbocycles. The van der Waals surface area contributed by atoms with E-state index in [-0.39, 0.29) is 11.8 Å². The van der Waals surface area contributed by atoms with Crippen molar-refractivity contribution in [2.24, 2.45) is 0 Å². The van der Waals surface area contributed by atoms with Crippen LogP contribution in [0.2, 0.25) is 0 Å². The molecule has 0 spiro atoms. The van der Waals surface area contributed by atoms with Gasteiger partial charge >= 0.3 is 5.97 Å². The van der Waals surface area contributed by atoms with Gasteiger partial charge in [-0.1, -0.05) is 45.9 Å². The van der Waals surface area contributed by atoms with E-state index in [1.807, 2.05) is 45.9 Å². The van der Waals surface area contributed by atoms with Crippen LogP contribution in [0.3, 0.4) is 0 Å². The first-order valence-electron chi connectivity index (χ1n) is 8.37. The molecule has 0 saturated carbocycles. The summed E-state index contributed by atoms with van der Waals surface area (Å²) in [5.41, 5.74) is 1.77. The molecule has 0 amide bonds. The number of carboxylic acids is 1. The van der Waals surface area contributed by atoms with Crippen molar-refractivity contribution < 1.29 is 34.7 Å². The van der Waals surface area contributed by atoms with Gasteiger partial charge in [0, 0.05) is 0 Å². The molecule has 0 bridgehead atoms. The van der Waals surface area contributed by atoms with Gasteiger partial charge < -0.3 is 29.9 Å². The first kappa shape index (κ1) is 19.7. The van der Waals surface area contributed by atoms with E-state index < -0.39 is 36.7 Å². The molecule has 7 heteroatoms. The summed E-state index contributed by atoms with van der Waals surface area (Å²) >= 11 is 0. The highest BCUT2D eigenvalue weighted by Crippen LogP contribution is 2.36. The standard InChI is InChI=1S/C18H26O7/c1-8(2)10-6-5-7-11(9(3)4)15(10)24-18-14(21)12(19)13(20)16(25-18)17(22)23/h5-9,12-14,16,18-21H,1-4H3,(H,22,23)/t12-,13-,14-,16+,18-/m1/s1. The molecule has 1 fully saturated rings. The van der Waals surface area contributed by atoms with Gasteiger partial charge in [0.2, 0.25) is 6.29 Å². The van der Waals surface area contributed by atoms with E-state index in [0.717, 1.165) is 11.1 Å². The predicted octanol–water partition coefficient (Wildman–Crippen LogP) is 1.20. The molecule has 4 N–H and O–H groups in total. The third kappa shape index (κ3) is 3.95. The van der Waals surface area contributed by atoms with Gasteiger partial charge in [0.1, 0.15) is 24.1 Å². The van der Waals surface area contributed by atoms with Crippen LogP contribution in [0, 0.1) is 0 Å². The van der Waals surface area contributed by atoms with E-state index in [0.29, 0.717) is 5.75 Å². The number of ether oxygens (including phenoxy) is 2. The molecular weight excluding hydrogens is 328 g/mol. The van der Waals surface area contributed by atoms with Gasteiger partial charge in [-0.05, 0) is 23.0 Å². The minimum absolute atomic E-state index is 0.125. The van der Waals surface area contributed by atoms with Gasteiger partial charge in [0.05, 0.1) is 0 Å². The first-order chi connectivity index (χ1) is 11.6. The molecule has 1 heterocycles. The van der Waals surface area contributed by atoms with Gasteiger partial charge in [-0.15, -0.1) is 0 Å². The van der Waals surface area contributed by atoms with Crippen molar-refractivity contribution in [2.75, 3.05) is 0 Å². The summed E-state index contributed by atoms with van der Waals surface area (Å²) in [4.78, 5) is 11.2. The van der Waals surface area contributed by atoms with Crippen LogP contribution in [0.25, 0.3) is 0 Å². The average Bonchev–Trinajstić information content (AvgIpc) is 2.54. The van der Waals surface area contributed by atoms with E-state index in [9.17, 15) is 20.1 Å². The summed E-state index contributed by atoms with van der Waals surface area (Å²) in [7, 11) is 0. The maximum atomic E-state index is 11.2. The Hall–Kier alpha value is -1.67. The second kappa shape index (κ2) is 7.70. The molecular formula is C18H26O7. The van der Waals surface area contributed by atoms with E-state index in [1.165, 1.54) is 0 Å². The van der Waals surface area contributed by atoms with Gasteiger partial charge in [-0.25, -0.2) is 4.79 Å². The topological polar surface area (TPSA) is 116 Å². The lowest BCUT2D eigenvalue weighted by molar-refractivity contribution is -0.271. The number of aliphatic carboxylic acids is 1. The molecule has 1 aliphatic rings. The fourth-order valence-corrected chi connectivity index (χ4v) is 2.88. The number of para-hydroxylation sites is 1. The van der Waals surface area contributed by atoms with Crippen LogP contribution in [-0.2, 0) is 9.53 Å². The number of rotatable bonds is 5. The summed E-state index contributed by atoms with van der Waals surface area (Å²) in [6.07, 6.45) is -8.09. The van der Waals surface area contributed by atoms with Crippen molar-refractivity contribution in [2.45, 2.75) is 70.2 Å². The number of aliphatic hydroxyl groups excluding tert-OH is 3. The maximum Gasteiger partial charge on any atom is 0.335 e. The van der Waals surface area contributed by atoms with Gasteiger partial charge in [0.15, 0.2) is 6.10 Å². The van der Waals surface area contributed by atoms with E-state index >= 15 is 0 Å². The van der Waals surface area contributed by atoms with Crippen molar-refractivity contribution in [3.63, 3.8) is 0 Å². The number of hydrogen-bond donors (Lipinski definition) is 4. The number of carboxylic acid groups (broad SMARTS) is 1. The van der Waals surface area contributed by atoms with Crippen LogP contribution in [0.1, 0.15) is 50.7 Å². The Bertz CT molecular complexity index is 587. The van der Waals surface area contributed by atoms with Crippen LogP contribution in [0.5, 0.6) is 5.75 Å². The van der Waals surface area contributed by atoms with Crippen LogP contribution in [0.15, 0.2) is 18.2 Å². The molecule has 1 aromatic rings. The van der Waals surface area contributed by atoms with Crippen molar-refractivity contribution in [1.29, 1.82) is 0 Å². The molecule has 0 aliphatic carbocycles. The van der Waals surface area contributed by atoms with Crippen molar-refractivity contribution in [1.82, 2.24) is 0 Å². The molecule has 25 heavy (non-hydrogen) atoms. The quantitative estimate of drug-likeness (QED) is 0.628. The van der Waals surface area contributed by atoms with Crippen molar-refractivity contribution in [3.8, 4) is 5.75 Å². The van der Waals surface area contributed by atoms with E-state index in [2.05, 4.69) is 0 Å². The van der Waals surface area contributed by atoms with Crippen LogP contribution >= 0.6 is 0 Å². The maximum absolute atomic E-state index is 11.2. The average molecular weight is 354 g/mol. The Kier molecular flexibility index (Phi) is 6.05. The fourth-order valence-electron chi connectivity index (χ4n) is 2.88. The Morgan fingerprint density at radius 1 is 1.00 bits per heavy atom. The number of carbonyl (C=O) groups is 1. The molecule has 0 aromatic heterocycles. The molecule has 2 rings (SSSR count). The van der Waals surface area contributed by atoms with Gasteiger partial charge in [-0.3, -0.25) is 0 Å². The highest BCUT2D eigenvalue weighted by Gasteiger charge is 2.48. The number of aliphatic hydroxyl groups is 3. The zero-order valence-electron chi connectivity index (χ0n) is 14.8. The van der Waals surface area contributed by atoms with Crippen LogP contribution in [-0.4, -0.2) is 57.1 Å². The molecule has 1 aliphatic heterocycles. The number of hydrogen-bond acceptors (Lipinski definition) is 6. The van der Waals surface area contributed by atoms with Crippen LogP contribution in [0.4, 0.5) is 0 Å². The summed E-state index contributed by atoms with van der Waals surface area (Å²) in [5.74, 6) is -0.682. The lowest BCUT2D eigenvalue weighted by atomic mass is 9.93. The summed E-state index contributed by atoms with van der Waals surface area (Å²) in [6.45, 7) is 7.96. The molecule has 7 nitrogen and oxygen atoms in total. The Morgan fingerprint density at radius 2 is 1.52 bits per heavy atom. The van der Waals surface area contributed by atoms with E-state index in [1.54, 1.807) is 0 Å². The zero-order chi connectivity index (χ0) is 18.9. The van der Waals surface area contributed by atoms with E-state index in [4.69, 9.17) is 14.6 Å². The fraction of sp³-hybridized carbons (Fsp3) is 0.611. The minimum atomic E-state index is -1.74. The second-order valence-electron chi connectivity index (χ2n) is 6.93. The monoisotopic (exact) mass is 354 g/mol. The van der Waals surface area contributed by atoms with Crippen molar-refractivity contribution in [3.05, 3.63) is 29.3 Å². The third-order valence-corrected chi connectivity index (χ3v) is 4.37. The highest BCUT2D eigenvalue weighted by molar-refractivity contribution is 5.73. The molecule has 1 saturated heterocycles.